The molecule has 4 nitrogen and oxygen atoms in total. The van der Waals surface area contributed by atoms with Crippen molar-refractivity contribution in [3.63, 3.8) is 0 Å². The van der Waals surface area contributed by atoms with Crippen LogP contribution in [0.3, 0.4) is 0 Å². The molecule has 0 amide bonds. The third kappa shape index (κ3) is 4.41. The summed E-state index contributed by atoms with van der Waals surface area (Å²) in [4.78, 5) is 8.67. The predicted molar refractivity (Wildman–Crippen MR) is 84.8 cm³/mol. The van der Waals surface area contributed by atoms with E-state index in [1.165, 1.54) is 0 Å². The van der Waals surface area contributed by atoms with Gasteiger partial charge in [0.2, 0.25) is 0 Å². The first-order valence-corrected chi connectivity index (χ1v) is 7.55. The molecule has 1 atom stereocenters. The Morgan fingerprint density at radius 2 is 2.10 bits per heavy atom. The predicted octanol–water partition coefficient (Wildman–Crippen LogP) is 3.62. The molecule has 2 heterocycles. The Kier molecular flexibility index (Phi) is 5.96. The Hall–Kier alpha value is -1.65. The number of ether oxygens (including phenoxy) is 1. The molecule has 1 unspecified atom stereocenters. The van der Waals surface area contributed by atoms with Crippen LogP contribution in [0, 0.1) is 0 Å². The maximum atomic E-state index is 5.91. The van der Waals surface area contributed by atoms with E-state index in [2.05, 4.69) is 29.1 Å². The molecule has 2 aromatic rings. The largest absolute Gasteiger partial charge is 0.492 e. The van der Waals surface area contributed by atoms with Crippen molar-refractivity contribution in [3.8, 4) is 5.75 Å². The number of halogens is 1. The van der Waals surface area contributed by atoms with Gasteiger partial charge in [0.25, 0.3) is 0 Å². The normalized spacial score (nSPS) is 12.1. The van der Waals surface area contributed by atoms with Crippen molar-refractivity contribution >= 4 is 11.6 Å². The van der Waals surface area contributed by atoms with E-state index in [0.29, 0.717) is 11.6 Å². The molecule has 0 aliphatic rings. The minimum Gasteiger partial charge on any atom is -0.492 e. The van der Waals surface area contributed by atoms with E-state index in [0.717, 1.165) is 30.0 Å². The first kappa shape index (κ1) is 15.7. The molecule has 0 aliphatic carbocycles. The molecular formula is C16H20ClN3O. The summed E-state index contributed by atoms with van der Waals surface area (Å²) in [5, 5.41) is 4.05. The van der Waals surface area contributed by atoms with E-state index in [1.54, 1.807) is 12.4 Å². The minimum atomic E-state index is -0.0232. The second-order valence-corrected chi connectivity index (χ2v) is 5.13. The lowest BCUT2D eigenvalue weighted by Gasteiger charge is -2.18. The van der Waals surface area contributed by atoms with Gasteiger partial charge in [-0.1, -0.05) is 25.4 Å². The molecule has 2 rings (SSSR count). The standard InChI is InChI=1S/C16H20ClN3O/c1-3-7-21-14-8-12(9-18-11-14)16(19-4-2)15-6-5-13(17)10-20-15/h5-6,8-11,16,19H,3-4,7H2,1-2H3. The Balaban J connectivity index is 2.27. The van der Waals surface area contributed by atoms with Crippen LogP contribution in [0.5, 0.6) is 5.75 Å². The van der Waals surface area contributed by atoms with Crippen LogP contribution in [0.1, 0.15) is 37.6 Å². The van der Waals surface area contributed by atoms with Crippen LogP contribution in [0.2, 0.25) is 5.02 Å². The van der Waals surface area contributed by atoms with E-state index in [-0.39, 0.29) is 6.04 Å². The van der Waals surface area contributed by atoms with Crippen LogP contribution in [-0.4, -0.2) is 23.1 Å². The summed E-state index contributed by atoms with van der Waals surface area (Å²) < 4.78 is 5.65. The van der Waals surface area contributed by atoms with Crippen molar-refractivity contribution < 1.29 is 4.74 Å². The number of hydrogen-bond donors (Lipinski definition) is 1. The van der Waals surface area contributed by atoms with Gasteiger partial charge in [0, 0.05) is 12.4 Å². The molecule has 1 N–H and O–H groups in total. The smallest absolute Gasteiger partial charge is 0.137 e. The van der Waals surface area contributed by atoms with Crippen LogP contribution in [-0.2, 0) is 0 Å². The molecule has 0 saturated heterocycles. The lowest BCUT2D eigenvalue weighted by molar-refractivity contribution is 0.315. The number of nitrogens with one attached hydrogen (secondary N) is 1. The molecule has 0 aliphatic heterocycles. The lowest BCUT2D eigenvalue weighted by Crippen LogP contribution is -2.23. The minimum absolute atomic E-state index is 0.0232. The summed E-state index contributed by atoms with van der Waals surface area (Å²) in [6.07, 6.45) is 6.20. The molecule has 112 valence electrons. The lowest BCUT2D eigenvalue weighted by atomic mass is 10.0. The quantitative estimate of drug-likeness (QED) is 0.849. The Morgan fingerprint density at radius 1 is 1.24 bits per heavy atom. The van der Waals surface area contributed by atoms with Crippen molar-refractivity contribution in [2.75, 3.05) is 13.2 Å². The zero-order valence-corrected chi connectivity index (χ0v) is 13.1. The maximum absolute atomic E-state index is 5.91. The maximum Gasteiger partial charge on any atom is 0.137 e. The van der Waals surface area contributed by atoms with Gasteiger partial charge in [0.05, 0.1) is 29.6 Å². The van der Waals surface area contributed by atoms with Gasteiger partial charge in [-0.15, -0.1) is 0 Å². The monoisotopic (exact) mass is 305 g/mol. The SMILES string of the molecule is CCCOc1cncc(C(NCC)c2ccc(Cl)cn2)c1. The molecule has 2 aromatic heterocycles. The van der Waals surface area contributed by atoms with E-state index >= 15 is 0 Å². The van der Waals surface area contributed by atoms with Gasteiger partial charge in [0.1, 0.15) is 5.75 Å². The zero-order valence-electron chi connectivity index (χ0n) is 12.3. The molecule has 0 radical (unpaired) electrons. The zero-order chi connectivity index (χ0) is 15.1. The van der Waals surface area contributed by atoms with Gasteiger partial charge in [0.15, 0.2) is 0 Å². The topological polar surface area (TPSA) is 47.0 Å². The second kappa shape index (κ2) is 7.96. The van der Waals surface area contributed by atoms with Gasteiger partial charge >= 0.3 is 0 Å². The Bertz CT molecular complexity index is 560. The van der Waals surface area contributed by atoms with Crippen molar-refractivity contribution in [1.29, 1.82) is 0 Å². The van der Waals surface area contributed by atoms with Gasteiger partial charge in [-0.25, -0.2) is 0 Å². The van der Waals surface area contributed by atoms with Crippen LogP contribution in [0.15, 0.2) is 36.8 Å². The fraction of sp³-hybridized carbons (Fsp3) is 0.375. The molecule has 5 heteroatoms. The number of hydrogen-bond acceptors (Lipinski definition) is 4. The van der Waals surface area contributed by atoms with Crippen LogP contribution >= 0.6 is 11.6 Å². The van der Waals surface area contributed by atoms with Crippen LogP contribution in [0.4, 0.5) is 0 Å². The highest BCUT2D eigenvalue weighted by Crippen LogP contribution is 2.24. The molecule has 0 saturated carbocycles. The summed E-state index contributed by atoms with van der Waals surface area (Å²) in [6.45, 7) is 5.66. The third-order valence-corrected chi connectivity index (χ3v) is 3.22. The molecule has 0 spiro atoms. The van der Waals surface area contributed by atoms with E-state index in [9.17, 15) is 0 Å². The van der Waals surface area contributed by atoms with Gasteiger partial charge < -0.3 is 10.1 Å². The summed E-state index contributed by atoms with van der Waals surface area (Å²) in [5.74, 6) is 0.784. The van der Waals surface area contributed by atoms with Crippen molar-refractivity contribution in [1.82, 2.24) is 15.3 Å². The first-order valence-electron chi connectivity index (χ1n) is 7.17. The van der Waals surface area contributed by atoms with Crippen molar-refractivity contribution in [2.24, 2.45) is 0 Å². The van der Waals surface area contributed by atoms with Gasteiger partial charge in [-0.2, -0.15) is 0 Å². The second-order valence-electron chi connectivity index (χ2n) is 4.69. The first-order chi connectivity index (χ1) is 10.2. The third-order valence-electron chi connectivity index (χ3n) is 2.99. The number of nitrogens with zero attached hydrogens (tertiary/aromatic N) is 2. The summed E-state index contributed by atoms with van der Waals surface area (Å²) >= 11 is 5.91. The van der Waals surface area contributed by atoms with Crippen molar-refractivity contribution in [3.05, 3.63) is 53.1 Å². The number of rotatable bonds is 7. The summed E-state index contributed by atoms with van der Waals surface area (Å²) in [7, 11) is 0. The van der Waals surface area contributed by atoms with E-state index in [1.807, 2.05) is 24.4 Å². The average molecular weight is 306 g/mol. The fourth-order valence-electron chi connectivity index (χ4n) is 2.05. The highest BCUT2D eigenvalue weighted by molar-refractivity contribution is 6.30. The molecular weight excluding hydrogens is 286 g/mol. The van der Waals surface area contributed by atoms with Gasteiger partial charge in [-0.3, -0.25) is 9.97 Å². The van der Waals surface area contributed by atoms with E-state index in [4.69, 9.17) is 16.3 Å². The van der Waals surface area contributed by atoms with Crippen molar-refractivity contribution in [2.45, 2.75) is 26.3 Å². The molecule has 0 fully saturated rings. The Morgan fingerprint density at radius 3 is 2.76 bits per heavy atom. The fourth-order valence-corrected chi connectivity index (χ4v) is 2.16. The highest BCUT2D eigenvalue weighted by atomic mass is 35.5. The number of aromatic nitrogens is 2. The van der Waals surface area contributed by atoms with Crippen LogP contribution in [0.25, 0.3) is 0 Å². The molecule has 0 bridgehead atoms. The van der Waals surface area contributed by atoms with Crippen LogP contribution < -0.4 is 10.1 Å². The average Bonchev–Trinajstić information content (AvgIpc) is 2.52. The number of pyridine rings is 2. The summed E-state index contributed by atoms with van der Waals surface area (Å²) in [6, 6.07) is 5.76. The summed E-state index contributed by atoms with van der Waals surface area (Å²) in [5.41, 5.74) is 1.94. The van der Waals surface area contributed by atoms with Gasteiger partial charge in [-0.05, 0) is 36.7 Å². The molecule has 21 heavy (non-hydrogen) atoms. The molecule has 0 aromatic carbocycles. The van der Waals surface area contributed by atoms with E-state index < -0.39 is 0 Å². The Labute approximate surface area is 130 Å². The highest BCUT2D eigenvalue weighted by Gasteiger charge is 2.15.